The third-order valence-corrected chi connectivity index (χ3v) is 7.12. The van der Waals surface area contributed by atoms with Gasteiger partial charge in [0.15, 0.2) is 11.6 Å². The number of benzene rings is 3. The maximum Gasteiger partial charge on any atom is 0.267 e. The number of anilines is 2. The summed E-state index contributed by atoms with van der Waals surface area (Å²) in [5, 5.41) is 0.622. The van der Waals surface area contributed by atoms with Crippen LogP contribution in [0.5, 0.6) is 0 Å². The monoisotopic (exact) mass is 436 g/mol. The number of nitrogens with zero attached hydrogens (tertiary/aromatic N) is 4. The first-order chi connectivity index (χ1) is 14.5. The van der Waals surface area contributed by atoms with Crippen molar-refractivity contribution in [3.63, 3.8) is 0 Å². The van der Waals surface area contributed by atoms with Crippen LogP contribution in [0.3, 0.4) is 0 Å². The first-order valence-electron chi connectivity index (χ1n) is 9.37. The van der Waals surface area contributed by atoms with E-state index >= 15 is 0 Å². The van der Waals surface area contributed by atoms with Crippen molar-refractivity contribution in [1.82, 2.24) is 9.97 Å². The predicted octanol–water partition coefficient (Wildman–Crippen LogP) is 4.46. The summed E-state index contributed by atoms with van der Waals surface area (Å²) in [6, 6.07) is 23.3. The topological polar surface area (TPSA) is 66.4 Å². The van der Waals surface area contributed by atoms with Gasteiger partial charge in [-0.05, 0) is 35.9 Å². The van der Waals surface area contributed by atoms with Crippen molar-refractivity contribution in [3.8, 4) is 0 Å². The van der Waals surface area contributed by atoms with Gasteiger partial charge in [0.2, 0.25) is 0 Å². The number of rotatable bonds is 4. The quantitative estimate of drug-likeness (QED) is 0.472. The van der Waals surface area contributed by atoms with Crippen molar-refractivity contribution in [2.24, 2.45) is 0 Å². The van der Waals surface area contributed by atoms with Gasteiger partial charge in [0.25, 0.3) is 10.0 Å². The Balaban J connectivity index is 1.64. The highest BCUT2D eigenvalue weighted by Crippen LogP contribution is 2.38. The third-order valence-electron chi connectivity index (χ3n) is 5.02. The smallest absolute Gasteiger partial charge is 0.267 e. The van der Waals surface area contributed by atoms with E-state index in [9.17, 15) is 8.42 Å². The van der Waals surface area contributed by atoms with Gasteiger partial charge >= 0.3 is 0 Å². The van der Waals surface area contributed by atoms with Crippen molar-refractivity contribution < 1.29 is 8.42 Å². The second-order valence-electron chi connectivity index (χ2n) is 6.96. The van der Waals surface area contributed by atoms with Gasteiger partial charge in [-0.1, -0.05) is 60.1 Å². The van der Waals surface area contributed by atoms with E-state index in [0.717, 1.165) is 5.56 Å². The summed E-state index contributed by atoms with van der Waals surface area (Å²) in [5.74, 6) is 0.845. The molecule has 0 N–H and O–H groups in total. The van der Waals surface area contributed by atoms with Gasteiger partial charge in [-0.2, -0.15) is 0 Å². The number of hydrogen-bond acceptors (Lipinski definition) is 5. The molecule has 0 amide bonds. The summed E-state index contributed by atoms with van der Waals surface area (Å²) in [5.41, 5.74) is 2.24. The Hall–Kier alpha value is -3.16. The number of para-hydroxylation sites is 2. The van der Waals surface area contributed by atoms with Crippen LogP contribution in [0, 0.1) is 0 Å². The van der Waals surface area contributed by atoms with Gasteiger partial charge in [-0.3, -0.25) is 0 Å². The Morgan fingerprint density at radius 3 is 2.10 bits per heavy atom. The fourth-order valence-electron chi connectivity index (χ4n) is 3.52. The van der Waals surface area contributed by atoms with Gasteiger partial charge in [-0.25, -0.2) is 22.7 Å². The molecule has 0 radical (unpaired) electrons. The second-order valence-corrected chi connectivity index (χ2v) is 9.23. The average Bonchev–Trinajstić information content (AvgIpc) is 3.12. The van der Waals surface area contributed by atoms with Crippen LogP contribution in [-0.4, -0.2) is 25.1 Å². The number of halogens is 1. The molecule has 1 aromatic heterocycles. The molecule has 0 unspecified atom stereocenters. The second kappa shape index (κ2) is 7.27. The molecule has 8 heteroatoms. The zero-order chi connectivity index (χ0) is 20.7. The fourth-order valence-corrected chi connectivity index (χ4v) is 5.11. The van der Waals surface area contributed by atoms with Crippen LogP contribution in [-0.2, 0) is 16.6 Å². The standard InChI is InChI=1S/C22H17ClN4O2S/c23-18-11-5-4-8-16(18)14-26-15-27(30(28,29)17-9-2-1-3-10-17)22-21(26)24-19-12-6-7-13-20(19)25-22/h1-13H,14-15H2. The van der Waals surface area contributed by atoms with E-state index in [1.165, 1.54) is 4.31 Å². The Kier molecular flexibility index (Phi) is 4.56. The van der Waals surface area contributed by atoms with Gasteiger partial charge < -0.3 is 4.90 Å². The Bertz CT molecular complexity index is 1350. The van der Waals surface area contributed by atoms with E-state index in [4.69, 9.17) is 16.6 Å². The normalized spacial score (nSPS) is 13.6. The molecule has 0 atom stereocenters. The largest absolute Gasteiger partial charge is 0.330 e. The molecule has 1 aliphatic heterocycles. The van der Waals surface area contributed by atoms with Gasteiger partial charge in [0, 0.05) is 11.6 Å². The molecule has 0 saturated heterocycles. The zero-order valence-corrected chi connectivity index (χ0v) is 17.4. The Labute approximate surface area is 179 Å². The van der Waals surface area contributed by atoms with Crippen molar-refractivity contribution in [1.29, 1.82) is 0 Å². The summed E-state index contributed by atoms with van der Waals surface area (Å²) in [6.07, 6.45) is 0. The number of aromatic nitrogens is 2. The molecule has 4 aromatic rings. The van der Waals surface area contributed by atoms with Crippen LogP contribution < -0.4 is 9.21 Å². The fraction of sp³-hybridized carbons (Fsp3) is 0.0909. The first-order valence-corrected chi connectivity index (χ1v) is 11.2. The van der Waals surface area contributed by atoms with E-state index in [2.05, 4.69) is 4.98 Å². The maximum atomic E-state index is 13.4. The molecule has 5 rings (SSSR count). The van der Waals surface area contributed by atoms with Crippen LogP contribution in [0.25, 0.3) is 11.0 Å². The van der Waals surface area contributed by atoms with E-state index in [0.29, 0.717) is 34.2 Å². The van der Waals surface area contributed by atoms with Crippen molar-refractivity contribution in [2.75, 3.05) is 15.9 Å². The van der Waals surface area contributed by atoms with Crippen molar-refractivity contribution >= 4 is 44.3 Å². The summed E-state index contributed by atoms with van der Waals surface area (Å²) >= 11 is 6.35. The molecule has 2 heterocycles. The number of fused-ring (bicyclic) bond motifs is 2. The molecule has 0 aliphatic carbocycles. The lowest BCUT2D eigenvalue weighted by Gasteiger charge is -2.21. The summed E-state index contributed by atoms with van der Waals surface area (Å²) in [6.45, 7) is 0.522. The van der Waals surface area contributed by atoms with Gasteiger partial charge in [0.05, 0.1) is 15.9 Å². The van der Waals surface area contributed by atoms with Gasteiger partial charge in [-0.15, -0.1) is 0 Å². The lowest BCUT2D eigenvalue weighted by atomic mass is 10.2. The molecule has 6 nitrogen and oxygen atoms in total. The van der Waals surface area contributed by atoms with E-state index < -0.39 is 10.0 Å². The summed E-state index contributed by atoms with van der Waals surface area (Å²) in [4.78, 5) is 11.5. The molecular weight excluding hydrogens is 420 g/mol. The molecule has 30 heavy (non-hydrogen) atoms. The lowest BCUT2D eigenvalue weighted by molar-refractivity contribution is 0.590. The highest BCUT2D eigenvalue weighted by molar-refractivity contribution is 7.92. The first kappa shape index (κ1) is 18.8. The molecule has 150 valence electrons. The Morgan fingerprint density at radius 1 is 0.800 bits per heavy atom. The van der Waals surface area contributed by atoms with Crippen LogP contribution in [0.2, 0.25) is 5.02 Å². The predicted molar refractivity (Wildman–Crippen MR) is 118 cm³/mol. The SMILES string of the molecule is O=S(=O)(c1ccccc1)N1CN(Cc2ccccc2Cl)c2nc3ccccc3nc21. The molecule has 1 aliphatic rings. The third kappa shape index (κ3) is 3.16. The molecule has 0 fully saturated rings. The van der Waals surface area contributed by atoms with Gasteiger partial charge in [0.1, 0.15) is 6.67 Å². The minimum absolute atomic E-state index is 0.105. The Morgan fingerprint density at radius 2 is 1.40 bits per heavy atom. The van der Waals surface area contributed by atoms with Crippen molar-refractivity contribution in [2.45, 2.75) is 11.4 Å². The average molecular weight is 437 g/mol. The van der Waals surface area contributed by atoms with Crippen LogP contribution >= 0.6 is 11.6 Å². The minimum atomic E-state index is -3.80. The highest BCUT2D eigenvalue weighted by atomic mass is 35.5. The molecular formula is C22H17ClN4O2S. The van der Waals surface area contributed by atoms with Crippen LogP contribution in [0.1, 0.15) is 5.56 Å². The highest BCUT2D eigenvalue weighted by Gasteiger charge is 2.38. The van der Waals surface area contributed by atoms with Crippen molar-refractivity contribution in [3.05, 3.63) is 89.4 Å². The molecule has 0 spiro atoms. The van der Waals surface area contributed by atoms with Crippen LogP contribution in [0.4, 0.5) is 11.6 Å². The molecule has 0 bridgehead atoms. The summed E-state index contributed by atoms with van der Waals surface area (Å²) in [7, 11) is -3.80. The zero-order valence-electron chi connectivity index (χ0n) is 15.8. The van der Waals surface area contributed by atoms with E-state index in [1.54, 1.807) is 30.3 Å². The molecule has 3 aromatic carbocycles. The molecule has 0 saturated carbocycles. The van der Waals surface area contributed by atoms with E-state index in [1.807, 2.05) is 53.4 Å². The summed E-state index contributed by atoms with van der Waals surface area (Å²) < 4.78 is 28.1. The van der Waals surface area contributed by atoms with E-state index in [-0.39, 0.29) is 11.6 Å². The van der Waals surface area contributed by atoms with Crippen LogP contribution in [0.15, 0.2) is 83.8 Å². The minimum Gasteiger partial charge on any atom is -0.330 e. The number of sulfonamides is 1. The lowest BCUT2D eigenvalue weighted by Crippen LogP contribution is -2.35. The maximum absolute atomic E-state index is 13.4. The number of hydrogen-bond donors (Lipinski definition) is 0.